The Labute approximate surface area is 88.2 Å². The van der Waals surface area contributed by atoms with Crippen LogP contribution in [0.25, 0.3) is 0 Å². The molecule has 0 spiro atoms. The van der Waals surface area contributed by atoms with Crippen LogP contribution in [-0.4, -0.2) is 27.7 Å². The van der Waals surface area contributed by atoms with E-state index in [1.807, 2.05) is 20.8 Å². The van der Waals surface area contributed by atoms with Gasteiger partial charge in [-0.2, -0.15) is 5.10 Å². The number of rotatable bonds is 5. The molecule has 0 radical (unpaired) electrons. The highest BCUT2D eigenvalue weighted by atomic mass is 16.7. The fourth-order valence-corrected chi connectivity index (χ4v) is 1.35. The van der Waals surface area contributed by atoms with Crippen molar-refractivity contribution in [2.75, 3.05) is 6.61 Å². The second-order valence-corrected chi connectivity index (χ2v) is 3.25. The van der Waals surface area contributed by atoms with Crippen LogP contribution in [0.15, 0.2) is 4.79 Å². The SMILES string of the molecule is CCOC(C)OC(C)c1n[nH]c(=O)n1C. The summed E-state index contributed by atoms with van der Waals surface area (Å²) in [5.41, 5.74) is -0.246. The third kappa shape index (κ3) is 2.90. The van der Waals surface area contributed by atoms with Crippen molar-refractivity contribution in [2.45, 2.75) is 33.2 Å². The largest absolute Gasteiger partial charge is 0.353 e. The van der Waals surface area contributed by atoms with Gasteiger partial charge in [0.2, 0.25) is 0 Å². The molecule has 0 amide bonds. The third-order valence-corrected chi connectivity index (χ3v) is 2.08. The molecule has 86 valence electrons. The second kappa shape index (κ2) is 5.09. The quantitative estimate of drug-likeness (QED) is 0.729. The van der Waals surface area contributed by atoms with Crippen molar-refractivity contribution in [3.05, 3.63) is 16.3 Å². The minimum Gasteiger partial charge on any atom is -0.353 e. The normalized spacial score (nSPS) is 15.2. The molecule has 2 atom stereocenters. The van der Waals surface area contributed by atoms with E-state index < -0.39 is 0 Å². The summed E-state index contributed by atoms with van der Waals surface area (Å²) in [7, 11) is 1.65. The molecular formula is C9H17N3O3. The van der Waals surface area contributed by atoms with E-state index in [1.165, 1.54) is 4.57 Å². The molecule has 15 heavy (non-hydrogen) atoms. The number of H-pyrrole nitrogens is 1. The zero-order valence-corrected chi connectivity index (χ0v) is 9.48. The maximum absolute atomic E-state index is 11.1. The highest BCUT2D eigenvalue weighted by Crippen LogP contribution is 2.14. The summed E-state index contributed by atoms with van der Waals surface area (Å²) in [6.45, 7) is 6.12. The maximum Gasteiger partial charge on any atom is 0.343 e. The predicted molar refractivity (Wildman–Crippen MR) is 54.4 cm³/mol. The van der Waals surface area contributed by atoms with E-state index in [9.17, 15) is 4.79 Å². The molecule has 1 heterocycles. The molecule has 0 saturated carbocycles. The van der Waals surface area contributed by atoms with Crippen LogP contribution in [0.5, 0.6) is 0 Å². The summed E-state index contributed by atoms with van der Waals surface area (Å²) in [5.74, 6) is 0.562. The van der Waals surface area contributed by atoms with Crippen molar-refractivity contribution in [1.82, 2.24) is 14.8 Å². The van der Waals surface area contributed by atoms with Gasteiger partial charge in [-0.25, -0.2) is 9.89 Å². The minimum atomic E-state index is -0.309. The van der Waals surface area contributed by atoms with Crippen molar-refractivity contribution in [1.29, 1.82) is 0 Å². The summed E-state index contributed by atoms with van der Waals surface area (Å²) >= 11 is 0. The maximum atomic E-state index is 11.1. The fraction of sp³-hybridized carbons (Fsp3) is 0.778. The van der Waals surface area contributed by atoms with Gasteiger partial charge < -0.3 is 9.47 Å². The van der Waals surface area contributed by atoms with E-state index >= 15 is 0 Å². The van der Waals surface area contributed by atoms with Gasteiger partial charge in [-0.3, -0.25) is 4.57 Å². The number of nitrogens with one attached hydrogen (secondary N) is 1. The topological polar surface area (TPSA) is 69.1 Å². The van der Waals surface area contributed by atoms with Crippen molar-refractivity contribution < 1.29 is 9.47 Å². The lowest BCUT2D eigenvalue weighted by Gasteiger charge is -2.17. The first-order valence-electron chi connectivity index (χ1n) is 4.94. The van der Waals surface area contributed by atoms with Gasteiger partial charge in [0, 0.05) is 13.7 Å². The summed E-state index contributed by atoms with van der Waals surface area (Å²) in [6, 6.07) is 0. The van der Waals surface area contributed by atoms with E-state index in [2.05, 4.69) is 10.2 Å². The third-order valence-electron chi connectivity index (χ3n) is 2.08. The molecule has 0 aromatic carbocycles. The van der Waals surface area contributed by atoms with Crippen LogP contribution in [-0.2, 0) is 16.5 Å². The Morgan fingerprint density at radius 3 is 2.67 bits per heavy atom. The van der Waals surface area contributed by atoms with Gasteiger partial charge >= 0.3 is 5.69 Å². The first kappa shape index (κ1) is 11.9. The highest BCUT2D eigenvalue weighted by Gasteiger charge is 2.16. The Bertz CT molecular complexity index is 358. The summed E-state index contributed by atoms with van der Waals surface area (Å²) < 4.78 is 12.2. The molecule has 6 nitrogen and oxygen atoms in total. The molecule has 0 aliphatic rings. The molecule has 0 saturated heterocycles. The van der Waals surface area contributed by atoms with Crippen LogP contribution in [0.4, 0.5) is 0 Å². The zero-order valence-electron chi connectivity index (χ0n) is 9.48. The number of ether oxygens (including phenoxy) is 2. The van der Waals surface area contributed by atoms with Gasteiger partial charge in [-0.05, 0) is 20.8 Å². The van der Waals surface area contributed by atoms with Gasteiger partial charge in [-0.1, -0.05) is 0 Å². The van der Waals surface area contributed by atoms with Crippen LogP contribution < -0.4 is 5.69 Å². The van der Waals surface area contributed by atoms with Crippen molar-refractivity contribution in [3.63, 3.8) is 0 Å². The van der Waals surface area contributed by atoms with Gasteiger partial charge in [0.25, 0.3) is 0 Å². The standard InChI is InChI=1S/C9H17N3O3/c1-5-14-7(3)15-6(2)8-10-11-9(13)12(8)4/h6-7H,5H2,1-4H3,(H,11,13). The lowest BCUT2D eigenvalue weighted by molar-refractivity contribution is -0.156. The molecule has 0 aliphatic heterocycles. The smallest absolute Gasteiger partial charge is 0.343 e. The predicted octanol–water partition coefficient (Wildman–Crippen LogP) is 0.568. The van der Waals surface area contributed by atoms with E-state index in [1.54, 1.807) is 7.05 Å². The molecule has 1 aromatic rings. The number of hydrogen-bond donors (Lipinski definition) is 1. The molecule has 1 N–H and O–H groups in total. The Morgan fingerprint density at radius 2 is 2.20 bits per heavy atom. The number of aromatic amines is 1. The van der Waals surface area contributed by atoms with Crippen LogP contribution in [0.2, 0.25) is 0 Å². The molecule has 2 unspecified atom stereocenters. The minimum absolute atomic E-state index is 0.246. The first-order valence-corrected chi connectivity index (χ1v) is 4.94. The molecule has 0 aliphatic carbocycles. The molecular weight excluding hydrogens is 198 g/mol. The Kier molecular flexibility index (Phi) is 4.05. The number of aromatic nitrogens is 3. The van der Waals surface area contributed by atoms with Crippen molar-refractivity contribution in [3.8, 4) is 0 Å². The highest BCUT2D eigenvalue weighted by molar-refractivity contribution is 4.89. The lowest BCUT2D eigenvalue weighted by atomic mass is 10.4. The first-order chi connectivity index (χ1) is 7.06. The van der Waals surface area contributed by atoms with Crippen LogP contribution >= 0.6 is 0 Å². The molecule has 6 heteroatoms. The van der Waals surface area contributed by atoms with Crippen LogP contribution in [0, 0.1) is 0 Å². The average molecular weight is 215 g/mol. The van der Waals surface area contributed by atoms with Crippen LogP contribution in [0.1, 0.15) is 32.7 Å². The Morgan fingerprint density at radius 1 is 1.53 bits per heavy atom. The van der Waals surface area contributed by atoms with E-state index in [0.717, 1.165) is 0 Å². The number of hydrogen-bond acceptors (Lipinski definition) is 4. The lowest BCUT2D eigenvalue weighted by Crippen LogP contribution is -2.20. The Balaban J connectivity index is 2.65. The van der Waals surface area contributed by atoms with Crippen LogP contribution in [0.3, 0.4) is 0 Å². The van der Waals surface area contributed by atoms with E-state index in [4.69, 9.17) is 9.47 Å². The van der Waals surface area contributed by atoms with Crippen molar-refractivity contribution in [2.24, 2.45) is 7.05 Å². The molecule has 0 bridgehead atoms. The van der Waals surface area contributed by atoms with Crippen molar-refractivity contribution >= 4 is 0 Å². The van der Waals surface area contributed by atoms with Gasteiger partial charge in [0.1, 0.15) is 6.10 Å². The monoisotopic (exact) mass is 215 g/mol. The average Bonchev–Trinajstić information content (AvgIpc) is 2.48. The Hall–Kier alpha value is -1.14. The summed E-state index contributed by atoms with van der Waals surface area (Å²) in [4.78, 5) is 11.1. The van der Waals surface area contributed by atoms with E-state index in [-0.39, 0.29) is 18.1 Å². The van der Waals surface area contributed by atoms with Gasteiger partial charge in [-0.15, -0.1) is 0 Å². The van der Waals surface area contributed by atoms with E-state index in [0.29, 0.717) is 12.4 Å². The molecule has 0 fully saturated rings. The summed E-state index contributed by atoms with van der Waals surface area (Å²) in [6.07, 6.45) is -0.590. The van der Waals surface area contributed by atoms with Gasteiger partial charge in [0.05, 0.1) is 0 Å². The van der Waals surface area contributed by atoms with Gasteiger partial charge in [0.15, 0.2) is 12.1 Å². The zero-order chi connectivity index (χ0) is 11.4. The summed E-state index contributed by atoms with van der Waals surface area (Å²) in [5, 5.41) is 6.23. The molecule has 1 aromatic heterocycles. The fourth-order valence-electron chi connectivity index (χ4n) is 1.35. The molecule has 1 rings (SSSR count). The number of nitrogens with zero attached hydrogens (tertiary/aromatic N) is 2. The second-order valence-electron chi connectivity index (χ2n) is 3.25.